The lowest BCUT2D eigenvalue weighted by molar-refractivity contribution is 0.669. The average Bonchev–Trinajstić information content (AvgIpc) is 3.69. The van der Waals surface area contributed by atoms with Gasteiger partial charge in [-0.3, -0.25) is 0 Å². The van der Waals surface area contributed by atoms with Crippen molar-refractivity contribution in [3.8, 4) is 16.8 Å². The molecule has 54 heavy (non-hydrogen) atoms. The van der Waals surface area contributed by atoms with Gasteiger partial charge in [0.25, 0.3) is 0 Å². The Labute approximate surface area is 314 Å². The molecule has 260 valence electrons. The molecule has 1 aliphatic carbocycles. The van der Waals surface area contributed by atoms with Gasteiger partial charge in [0.2, 0.25) is 0 Å². The van der Waals surface area contributed by atoms with Crippen molar-refractivity contribution in [1.29, 1.82) is 0 Å². The number of para-hydroxylation sites is 2. The van der Waals surface area contributed by atoms with Gasteiger partial charge in [-0.25, -0.2) is 9.98 Å². The third-order valence-electron chi connectivity index (χ3n) is 11.2. The zero-order valence-electron chi connectivity index (χ0n) is 30.5. The predicted molar refractivity (Wildman–Crippen MR) is 226 cm³/mol. The molecule has 1 atom stereocenters. The van der Waals surface area contributed by atoms with Gasteiger partial charge in [-0.2, -0.15) is 0 Å². The number of nitrogens with zero attached hydrogens (tertiary/aromatic N) is 3. The molecule has 2 aliphatic rings. The minimum Gasteiger partial charge on any atom is -0.456 e. The number of hydrogen-bond acceptors (Lipinski definition) is 3. The summed E-state index contributed by atoms with van der Waals surface area (Å²) in [5.41, 5.74) is 14.5. The molecule has 0 amide bonds. The van der Waals surface area contributed by atoms with Crippen LogP contribution in [0.2, 0.25) is 0 Å². The summed E-state index contributed by atoms with van der Waals surface area (Å²) in [5.74, 6) is 1.15. The first kappa shape index (κ1) is 32.2. The number of aliphatic imine (C=N–C) groups is 2. The van der Waals surface area contributed by atoms with E-state index < -0.39 is 0 Å². The second kappa shape index (κ2) is 13.2. The van der Waals surface area contributed by atoms with Crippen LogP contribution in [-0.4, -0.2) is 16.1 Å². The van der Waals surface area contributed by atoms with Crippen LogP contribution >= 0.6 is 0 Å². The van der Waals surface area contributed by atoms with Crippen molar-refractivity contribution < 1.29 is 4.42 Å². The van der Waals surface area contributed by atoms with E-state index >= 15 is 0 Å². The summed E-state index contributed by atoms with van der Waals surface area (Å²) in [7, 11) is 0. The predicted octanol–water partition coefficient (Wildman–Crippen LogP) is 13.2. The van der Waals surface area contributed by atoms with Gasteiger partial charge in [0, 0.05) is 39.2 Å². The maximum Gasteiger partial charge on any atom is 0.160 e. The van der Waals surface area contributed by atoms with E-state index in [0.717, 1.165) is 86.3 Å². The average molecular weight is 698 g/mol. The Morgan fingerprint density at radius 2 is 1.35 bits per heavy atom. The van der Waals surface area contributed by atoms with Gasteiger partial charge in [0.15, 0.2) is 5.84 Å². The number of aromatic nitrogens is 1. The molecule has 0 N–H and O–H groups in total. The van der Waals surface area contributed by atoms with E-state index in [1.807, 2.05) is 12.1 Å². The lowest BCUT2D eigenvalue weighted by Crippen LogP contribution is -2.07. The van der Waals surface area contributed by atoms with E-state index in [1.165, 1.54) is 33.0 Å². The quantitative estimate of drug-likeness (QED) is 0.171. The Balaban J connectivity index is 1.12. The van der Waals surface area contributed by atoms with Crippen molar-refractivity contribution in [2.24, 2.45) is 15.9 Å². The Morgan fingerprint density at radius 1 is 0.630 bits per heavy atom. The molecule has 3 heterocycles. The molecule has 0 fully saturated rings. The third kappa shape index (κ3) is 5.45. The summed E-state index contributed by atoms with van der Waals surface area (Å²) < 4.78 is 8.52. The zero-order valence-corrected chi connectivity index (χ0v) is 30.5. The molecule has 10 rings (SSSR count). The van der Waals surface area contributed by atoms with Gasteiger partial charge in [-0.05, 0) is 95.1 Å². The van der Waals surface area contributed by atoms with Gasteiger partial charge in [-0.15, -0.1) is 0 Å². The highest BCUT2D eigenvalue weighted by atomic mass is 16.3. The lowest BCUT2D eigenvalue weighted by Gasteiger charge is -2.20. The monoisotopic (exact) mass is 697 g/mol. The molecule has 0 bridgehead atoms. The molecule has 1 unspecified atom stereocenters. The number of rotatable bonds is 6. The van der Waals surface area contributed by atoms with Gasteiger partial charge < -0.3 is 8.98 Å². The molecule has 0 saturated carbocycles. The molecule has 0 radical (unpaired) electrons. The standard InChI is InChI=1S/C50H39N3O/c1-3-33-31-44(34-15-5-4-6-16-34)51-50(52-49(33)39-19-8-7-14-32(39)2)37-17-13-18-38(28-37)53-45-22-11-9-20-40(45)42-29-35(24-26-46(42)53)36-25-27-48-43(30-36)41-21-10-12-23-47(41)54-48/h4-13,15-30,32H,3,14,31H2,1-2H3. The van der Waals surface area contributed by atoms with E-state index in [4.69, 9.17) is 14.4 Å². The summed E-state index contributed by atoms with van der Waals surface area (Å²) in [5, 5.41) is 4.71. The molecule has 1 aliphatic heterocycles. The van der Waals surface area contributed by atoms with Gasteiger partial charge in [0.1, 0.15) is 11.2 Å². The largest absolute Gasteiger partial charge is 0.456 e. The maximum atomic E-state index is 6.14. The molecule has 6 aromatic carbocycles. The molecule has 4 nitrogen and oxygen atoms in total. The summed E-state index contributed by atoms with van der Waals surface area (Å²) in [6.45, 7) is 4.55. The summed E-state index contributed by atoms with van der Waals surface area (Å²) in [6, 6.07) is 49.7. The number of allylic oxidation sites excluding steroid dienone is 5. The smallest absolute Gasteiger partial charge is 0.160 e. The van der Waals surface area contributed by atoms with Gasteiger partial charge in [0.05, 0.1) is 22.4 Å². The van der Waals surface area contributed by atoms with Crippen LogP contribution in [-0.2, 0) is 0 Å². The second-order valence-electron chi connectivity index (χ2n) is 14.5. The zero-order chi connectivity index (χ0) is 36.2. The molecule has 8 aromatic rings. The number of amidine groups is 1. The highest BCUT2D eigenvalue weighted by molar-refractivity contribution is 6.15. The van der Waals surface area contributed by atoms with Crippen molar-refractivity contribution >= 4 is 55.3 Å². The fourth-order valence-electron chi connectivity index (χ4n) is 8.33. The van der Waals surface area contributed by atoms with E-state index in [0.29, 0.717) is 5.92 Å². The second-order valence-corrected chi connectivity index (χ2v) is 14.5. The van der Waals surface area contributed by atoms with Crippen molar-refractivity contribution in [3.63, 3.8) is 0 Å². The minimum atomic E-state index is 0.393. The third-order valence-corrected chi connectivity index (χ3v) is 11.2. The van der Waals surface area contributed by atoms with Crippen LogP contribution in [0, 0.1) is 5.92 Å². The highest BCUT2D eigenvalue weighted by Gasteiger charge is 2.23. The van der Waals surface area contributed by atoms with E-state index in [1.54, 1.807) is 0 Å². The Bertz CT molecular complexity index is 2930. The molecule has 0 saturated heterocycles. The van der Waals surface area contributed by atoms with E-state index in [2.05, 4.69) is 164 Å². The Hall–Kier alpha value is -6.52. The molecule has 2 aromatic heterocycles. The van der Waals surface area contributed by atoms with Gasteiger partial charge >= 0.3 is 0 Å². The summed E-state index contributed by atoms with van der Waals surface area (Å²) >= 11 is 0. The van der Waals surface area contributed by atoms with Crippen LogP contribution in [0.5, 0.6) is 0 Å². The Kier molecular flexibility index (Phi) is 7.83. The van der Waals surface area contributed by atoms with E-state index in [9.17, 15) is 0 Å². The molecule has 4 heteroatoms. The number of furan rings is 1. The van der Waals surface area contributed by atoms with Crippen LogP contribution in [0.15, 0.2) is 189 Å². The van der Waals surface area contributed by atoms with Crippen molar-refractivity contribution in [2.45, 2.75) is 33.1 Å². The first-order valence-electron chi connectivity index (χ1n) is 19.0. The topological polar surface area (TPSA) is 42.8 Å². The molecular weight excluding hydrogens is 659 g/mol. The first-order valence-corrected chi connectivity index (χ1v) is 19.0. The Morgan fingerprint density at radius 3 is 2.20 bits per heavy atom. The van der Waals surface area contributed by atoms with Crippen LogP contribution in [0.4, 0.5) is 0 Å². The first-order chi connectivity index (χ1) is 26.6. The summed E-state index contributed by atoms with van der Waals surface area (Å²) in [4.78, 5) is 10.8. The van der Waals surface area contributed by atoms with Gasteiger partial charge in [-0.1, -0.05) is 123 Å². The van der Waals surface area contributed by atoms with Crippen molar-refractivity contribution in [1.82, 2.24) is 4.57 Å². The fourth-order valence-corrected chi connectivity index (χ4v) is 8.33. The number of fused-ring (bicyclic) bond motifs is 6. The SMILES string of the molecule is CCC1=C(C2=CC=CCC2C)N=C(c2cccc(-n3c4ccccc4c4cc(-c5ccc6oc7ccccc7c6c5)ccc43)c2)N=C(c2ccccc2)C1. The molecular formula is C50H39N3O. The summed E-state index contributed by atoms with van der Waals surface area (Å²) in [6.07, 6.45) is 9.40. The molecule has 0 spiro atoms. The van der Waals surface area contributed by atoms with Crippen LogP contribution in [0.1, 0.15) is 44.2 Å². The van der Waals surface area contributed by atoms with Crippen LogP contribution in [0.3, 0.4) is 0 Å². The number of hydrogen-bond donors (Lipinski definition) is 0. The fraction of sp³-hybridized carbons (Fsp3) is 0.120. The minimum absolute atomic E-state index is 0.393. The normalized spacial score (nSPS) is 16.3. The lowest BCUT2D eigenvalue weighted by atomic mass is 9.87. The maximum absolute atomic E-state index is 6.14. The van der Waals surface area contributed by atoms with Crippen LogP contribution in [0.25, 0.3) is 60.6 Å². The van der Waals surface area contributed by atoms with Crippen molar-refractivity contribution in [2.75, 3.05) is 0 Å². The number of benzene rings is 6. The highest BCUT2D eigenvalue weighted by Crippen LogP contribution is 2.38. The van der Waals surface area contributed by atoms with Crippen molar-refractivity contribution in [3.05, 3.63) is 186 Å². The van der Waals surface area contributed by atoms with E-state index in [-0.39, 0.29) is 0 Å². The van der Waals surface area contributed by atoms with Crippen LogP contribution < -0.4 is 0 Å².